The van der Waals surface area contributed by atoms with Crippen LogP contribution in [0.4, 0.5) is 0 Å². The lowest BCUT2D eigenvalue weighted by molar-refractivity contribution is 0.0293. The zero-order chi connectivity index (χ0) is 16.4. The number of fused-ring (bicyclic) bond motifs is 1. The zero-order valence-electron chi connectivity index (χ0n) is 14.0. The maximum Gasteiger partial charge on any atom is 0.0627 e. The summed E-state index contributed by atoms with van der Waals surface area (Å²) in [5, 5.41) is 3.99. The van der Waals surface area contributed by atoms with Crippen LogP contribution in [0.3, 0.4) is 0 Å². The third-order valence-electron chi connectivity index (χ3n) is 5.87. The van der Waals surface area contributed by atoms with Gasteiger partial charge in [-0.2, -0.15) is 0 Å². The molecule has 2 nitrogen and oxygen atoms in total. The predicted molar refractivity (Wildman–Crippen MR) is 106 cm³/mol. The quantitative estimate of drug-likeness (QED) is 0.523. The van der Waals surface area contributed by atoms with Crippen molar-refractivity contribution in [2.24, 2.45) is 4.99 Å². The summed E-state index contributed by atoms with van der Waals surface area (Å²) in [6.07, 6.45) is 8.95. The molecule has 0 radical (unpaired) electrons. The lowest BCUT2D eigenvalue weighted by atomic mass is 9.78. The Labute approximate surface area is 153 Å². The molecule has 2 aromatic rings. The number of aliphatic imine (C=N–C) groups is 1. The number of rotatable bonds is 3. The first kappa shape index (κ1) is 16.4. The first-order chi connectivity index (χ1) is 11.8. The molecule has 2 aliphatic rings. The molecule has 1 aromatic carbocycles. The van der Waals surface area contributed by atoms with Crippen LogP contribution < -0.4 is 0 Å². The van der Waals surface area contributed by atoms with Gasteiger partial charge < -0.3 is 0 Å². The fourth-order valence-corrected chi connectivity index (χ4v) is 6.05. The van der Waals surface area contributed by atoms with Gasteiger partial charge in [-0.15, -0.1) is 11.3 Å². The van der Waals surface area contributed by atoms with Crippen molar-refractivity contribution in [1.29, 1.82) is 0 Å². The summed E-state index contributed by atoms with van der Waals surface area (Å²) in [4.78, 5) is 8.69. The van der Waals surface area contributed by atoms with Gasteiger partial charge in [0, 0.05) is 22.7 Å². The molecule has 1 aliphatic carbocycles. The van der Waals surface area contributed by atoms with E-state index in [1.165, 1.54) is 42.2 Å². The van der Waals surface area contributed by atoms with E-state index in [9.17, 15) is 0 Å². The van der Waals surface area contributed by atoms with Crippen LogP contribution in [0.15, 0.2) is 35.3 Å². The summed E-state index contributed by atoms with van der Waals surface area (Å²) in [6, 6.07) is 11.7. The van der Waals surface area contributed by atoms with Gasteiger partial charge in [-0.1, -0.05) is 37.5 Å². The molecule has 0 bridgehead atoms. The zero-order valence-corrected chi connectivity index (χ0v) is 15.7. The van der Waals surface area contributed by atoms with Gasteiger partial charge in [-0.05, 0) is 55.4 Å². The van der Waals surface area contributed by atoms with Gasteiger partial charge in [-0.25, -0.2) is 4.99 Å². The van der Waals surface area contributed by atoms with E-state index < -0.39 is 0 Å². The van der Waals surface area contributed by atoms with Crippen LogP contribution in [0.25, 0.3) is 10.1 Å². The highest BCUT2D eigenvalue weighted by Gasteiger charge is 2.42. The smallest absolute Gasteiger partial charge is 0.0627 e. The lowest BCUT2D eigenvalue weighted by Crippen LogP contribution is -2.51. The molecule has 126 valence electrons. The minimum Gasteiger partial charge on any atom is -0.293 e. The van der Waals surface area contributed by atoms with Crippen LogP contribution in [-0.2, 0) is 5.54 Å². The van der Waals surface area contributed by atoms with Crippen molar-refractivity contribution < 1.29 is 0 Å². The fourth-order valence-electron chi connectivity index (χ4n) is 4.56. The minimum atomic E-state index is 0.258. The third-order valence-corrected chi connectivity index (χ3v) is 7.28. The van der Waals surface area contributed by atoms with Gasteiger partial charge in [0.15, 0.2) is 0 Å². The van der Waals surface area contributed by atoms with Crippen molar-refractivity contribution in [3.63, 3.8) is 0 Å². The number of likely N-dealkylation sites (tertiary alicyclic amines) is 1. The van der Waals surface area contributed by atoms with E-state index in [1.54, 1.807) is 4.88 Å². The van der Waals surface area contributed by atoms with Crippen LogP contribution >= 0.6 is 23.6 Å². The molecular weight excluding hydrogens is 332 g/mol. The van der Waals surface area contributed by atoms with E-state index in [-0.39, 0.29) is 5.54 Å². The molecule has 4 rings (SSSR count). The average Bonchev–Trinajstić information content (AvgIpc) is 3.08. The molecule has 1 saturated heterocycles. The summed E-state index contributed by atoms with van der Waals surface area (Å²) >= 11 is 6.81. The molecule has 0 amide bonds. The molecule has 0 atom stereocenters. The molecular formula is C20H24N2S2. The van der Waals surface area contributed by atoms with Crippen molar-refractivity contribution >= 4 is 38.8 Å². The number of hydrogen-bond acceptors (Lipinski definition) is 4. The first-order valence-electron chi connectivity index (χ1n) is 9.13. The number of nitrogens with zero attached hydrogens (tertiary/aromatic N) is 2. The van der Waals surface area contributed by atoms with Gasteiger partial charge in [0.25, 0.3) is 0 Å². The minimum absolute atomic E-state index is 0.258. The summed E-state index contributed by atoms with van der Waals surface area (Å²) in [6.45, 7) is 2.28. The fraction of sp³-hybridized carbons (Fsp3) is 0.550. The topological polar surface area (TPSA) is 15.6 Å². The SMILES string of the molecule is S=C=NC1CCN(C2(c3cc4ccccc4s3)CCCCC2)CC1. The van der Waals surface area contributed by atoms with Crippen molar-refractivity contribution in [1.82, 2.24) is 4.90 Å². The molecule has 0 spiro atoms. The maximum atomic E-state index is 4.79. The van der Waals surface area contributed by atoms with Gasteiger partial charge in [0.1, 0.15) is 0 Å². The molecule has 0 N–H and O–H groups in total. The molecule has 0 unspecified atom stereocenters. The second kappa shape index (κ2) is 7.05. The Morgan fingerprint density at radius 3 is 2.58 bits per heavy atom. The van der Waals surface area contributed by atoms with E-state index in [0.29, 0.717) is 6.04 Å². The highest BCUT2D eigenvalue weighted by atomic mass is 32.1. The lowest BCUT2D eigenvalue weighted by Gasteiger charge is -2.48. The van der Waals surface area contributed by atoms with Crippen molar-refractivity contribution in [3.05, 3.63) is 35.2 Å². The van der Waals surface area contributed by atoms with Crippen LogP contribution in [0.1, 0.15) is 49.8 Å². The van der Waals surface area contributed by atoms with E-state index in [0.717, 1.165) is 25.9 Å². The summed E-state index contributed by atoms with van der Waals surface area (Å²) in [7, 11) is 0. The monoisotopic (exact) mass is 356 g/mol. The van der Waals surface area contributed by atoms with Crippen LogP contribution in [0.5, 0.6) is 0 Å². The van der Waals surface area contributed by atoms with Crippen molar-refractivity contribution in [3.8, 4) is 0 Å². The number of piperidine rings is 1. The van der Waals surface area contributed by atoms with Crippen LogP contribution in [0, 0.1) is 0 Å². The second-order valence-electron chi connectivity index (χ2n) is 7.18. The second-order valence-corrected chi connectivity index (χ2v) is 8.45. The van der Waals surface area contributed by atoms with Gasteiger partial charge >= 0.3 is 0 Å². The number of benzene rings is 1. The molecule has 1 saturated carbocycles. The molecule has 4 heteroatoms. The normalized spacial score (nSPS) is 22.3. The number of thiophene rings is 1. The Morgan fingerprint density at radius 2 is 1.88 bits per heavy atom. The van der Waals surface area contributed by atoms with E-state index in [4.69, 9.17) is 12.2 Å². The van der Waals surface area contributed by atoms with Gasteiger partial charge in [0.05, 0.1) is 16.7 Å². The maximum absolute atomic E-state index is 4.79. The molecule has 24 heavy (non-hydrogen) atoms. The van der Waals surface area contributed by atoms with Gasteiger partial charge in [-0.3, -0.25) is 4.90 Å². The first-order valence-corrected chi connectivity index (χ1v) is 10.4. The Kier molecular flexibility index (Phi) is 4.82. The Morgan fingerprint density at radius 1 is 1.12 bits per heavy atom. The average molecular weight is 357 g/mol. The predicted octanol–water partition coefficient (Wildman–Crippen LogP) is 5.63. The summed E-state index contributed by atoms with van der Waals surface area (Å²) in [5.74, 6) is 0. The van der Waals surface area contributed by atoms with E-state index in [2.05, 4.69) is 45.4 Å². The highest BCUT2D eigenvalue weighted by Crippen LogP contribution is 2.47. The van der Waals surface area contributed by atoms with Crippen LogP contribution in [-0.4, -0.2) is 29.2 Å². The summed E-state index contributed by atoms with van der Waals surface area (Å²) in [5.41, 5.74) is 0.258. The standard InChI is InChI=1S/C20H24N2S2/c23-15-21-17-8-12-22(13-9-17)20(10-4-1-5-11-20)19-14-16-6-2-3-7-18(16)24-19/h2-3,6-7,14,17H,1,4-5,8-13H2. The van der Waals surface area contributed by atoms with Crippen molar-refractivity contribution in [2.45, 2.75) is 56.5 Å². The summed E-state index contributed by atoms with van der Waals surface area (Å²) < 4.78 is 1.43. The third kappa shape index (κ3) is 2.97. The molecule has 1 aromatic heterocycles. The molecule has 1 aliphatic heterocycles. The van der Waals surface area contributed by atoms with Crippen LogP contribution in [0.2, 0.25) is 0 Å². The largest absolute Gasteiger partial charge is 0.293 e. The van der Waals surface area contributed by atoms with E-state index in [1.807, 2.05) is 11.3 Å². The van der Waals surface area contributed by atoms with E-state index >= 15 is 0 Å². The Bertz CT molecular complexity index is 713. The Balaban J connectivity index is 1.66. The highest BCUT2D eigenvalue weighted by molar-refractivity contribution is 7.78. The molecule has 2 heterocycles. The number of isothiocyanates is 1. The number of hydrogen-bond donors (Lipinski definition) is 0. The molecule has 2 fully saturated rings. The Hall–Kier alpha value is -1.06. The van der Waals surface area contributed by atoms with Gasteiger partial charge in [0.2, 0.25) is 0 Å². The van der Waals surface area contributed by atoms with Crippen molar-refractivity contribution in [2.75, 3.05) is 13.1 Å². The number of thiocarbonyl (C=S) groups is 1.